The summed E-state index contributed by atoms with van der Waals surface area (Å²) in [4.78, 5) is 14.5. The number of halogens is 2. The highest BCUT2D eigenvalue weighted by atomic mass is 19.1. The topological polar surface area (TPSA) is 45.5 Å². The lowest BCUT2D eigenvalue weighted by molar-refractivity contribution is 0.0998. The number of fused-ring (bicyclic) bond motifs is 1. The van der Waals surface area contributed by atoms with Gasteiger partial charge in [-0.05, 0) is 56.2 Å². The van der Waals surface area contributed by atoms with Gasteiger partial charge in [-0.3, -0.25) is 4.79 Å². The minimum Gasteiger partial charge on any atom is -0.451 e. The standard InChI is InChI=1S/C20H18F2N2O2/c1-12-15-10-13(21)4-7-18(15)26-19(12)20(25)23-14-5-6-17(16(22)11-14)24-8-2-3-9-24/h4-7,10-11H,2-3,8-9H2,1H3,(H,23,25). The Hall–Kier alpha value is -2.89. The molecule has 4 rings (SSSR count). The zero-order valence-electron chi connectivity index (χ0n) is 14.3. The Bertz CT molecular complexity index is 991. The van der Waals surface area contributed by atoms with Gasteiger partial charge in [0.1, 0.15) is 17.2 Å². The van der Waals surface area contributed by atoms with Crippen LogP contribution in [0.4, 0.5) is 20.2 Å². The monoisotopic (exact) mass is 356 g/mol. The molecule has 6 heteroatoms. The predicted molar refractivity (Wildman–Crippen MR) is 96.7 cm³/mol. The molecular formula is C20H18F2N2O2. The Morgan fingerprint density at radius 3 is 2.62 bits per heavy atom. The minimum atomic E-state index is -0.493. The molecule has 26 heavy (non-hydrogen) atoms. The highest BCUT2D eigenvalue weighted by molar-refractivity contribution is 6.06. The number of nitrogens with zero attached hydrogens (tertiary/aromatic N) is 1. The number of furan rings is 1. The summed E-state index contributed by atoms with van der Waals surface area (Å²) >= 11 is 0. The number of carbonyl (C=O) groups is 1. The van der Waals surface area contributed by atoms with E-state index in [9.17, 15) is 13.6 Å². The molecule has 1 fully saturated rings. The van der Waals surface area contributed by atoms with E-state index in [-0.39, 0.29) is 11.6 Å². The van der Waals surface area contributed by atoms with Crippen LogP contribution in [0.5, 0.6) is 0 Å². The number of carbonyl (C=O) groups excluding carboxylic acids is 1. The van der Waals surface area contributed by atoms with Crippen LogP contribution in [0, 0.1) is 18.6 Å². The summed E-state index contributed by atoms with van der Waals surface area (Å²) < 4.78 is 33.3. The second-order valence-electron chi connectivity index (χ2n) is 6.51. The van der Waals surface area contributed by atoms with Gasteiger partial charge in [-0.1, -0.05) is 0 Å². The van der Waals surface area contributed by atoms with Gasteiger partial charge in [0.25, 0.3) is 5.91 Å². The summed E-state index contributed by atoms with van der Waals surface area (Å²) in [6, 6.07) is 8.75. The van der Waals surface area contributed by atoms with Gasteiger partial charge in [0.2, 0.25) is 0 Å². The Kier molecular flexibility index (Phi) is 4.11. The van der Waals surface area contributed by atoms with Crippen molar-refractivity contribution in [3.05, 3.63) is 59.4 Å². The lowest BCUT2D eigenvalue weighted by Gasteiger charge is -2.18. The first-order chi connectivity index (χ1) is 12.5. The van der Waals surface area contributed by atoms with Crippen LogP contribution in [0.2, 0.25) is 0 Å². The summed E-state index contributed by atoms with van der Waals surface area (Å²) in [5.74, 6) is -1.16. The van der Waals surface area contributed by atoms with E-state index in [2.05, 4.69) is 5.32 Å². The molecule has 0 radical (unpaired) electrons. The molecule has 0 spiro atoms. The van der Waals surface area contributed by atoms with Gasteiger partial charge in [0, 0.05) is 29.7 Å². The average molecular weight is 356 g/mol. The molecule has 0 saturated carbocycles. The molecule has 3 aromatic rings. The van der Waals surface area contributed by atoms with Crippen molar-refractivity contribution >= 4 is 28.3 Å². The Morgan fingerprint density at radius 1 is 1.12 bits per heavy atom. The maximum Gasteiger partial charge on any atom is 0.291 e. The number of benzene rings is 2. The number of aryl methyl sites for hydroxylation is 1. The van der Waals surface area contributed by atoms with Crippen molar-refractivity contribution in [3.8, 4) is 0 Å². The Morgan fingerprint density at radius 2 is 1.88 bits per heavy atom. The van der Waals surface area contributed by atoms with Gasteiger partial charge in [-0.25, -0.2) is 8.78 Å². The molecule has 0 unspecified atom stereocenters. The van der Waals surface area contributed by atoms with E-state index in [0.717, 1.165) is 25.9 Å². The van der Waals surface area contributed by atoms with Crippen LogP contribution in [0.25, 0.3) is 11.0 Å². The highest BCUT2D eigenvalue weighted by Gasteiger charge is 2.20. The number of nitrogens with one attached hydrogen (secondary N) is 1. The van der Waals surface area contributed by atoms with E-state index < -0.39 is 11.7 Å². The van der Waals surface area contributed by atoms with Crippen molar-refractivity contribution in [1.29, 1.82) is 0 Å². The van der Waals surface area contributed by atoms with Crippen LogP contribution in [0.3, 0.4) is 0 Å². The fourth-order valence-corrected chi connectivity index (χ4v) is 3.40. The smallest absolute Gasteiger partial charge is 0.291 e. The SMILES string of the molecule is Cc1c(C(=O)Nc2ccc(N3CCCC3)c(F)c2)oc2ccc(F)cc12. The van der Waals surface area contributed by atoms with Crippen molar-refractivity contribution in [2.45, 2.75) is 19.8 Å². The Labute approximate surface area is 149 Å². The van der Waals surface area contributed by atoms with Crippen LogP contribution in [0.1, 0.15) is 29.0 Å². The maximum absolute atomic E-state index is 14.4. The zero-order chi connectivity index (χ0) is 18.3. The molecule has 1 amide bonds. The van der Waals surface area contributed by atoms with Crippen LogP contribution >= 0.6 is 0 Å². The van der Waals surface area contributed by atoms with E-state index in [1.165, 1.54) is 24.3 Å². The summed E-state index contributed by atoms with van der Waals surface area (Å²) in [6.45, 7) is 3.38. The second-order valence-corrected chi connectivity index (χ2v) is 6.51. The zero-order valence-corrected chi connectivity index (χ0v) is 14.3. The average Bonchev–Trinajstić information content (AvgIpc) is 3.24. The van der Waals surface area contributed by atoms with E-state index in [1.807, 2.05) is 4.90 Å². The van der Waals surface area contributed by atoms with Crippen molar-refractivity contribution in [2.75, 3.05) is 23.3 Å². The largest absolute Gasteiger partial charge is 0.451 e. The number of hydrogen-bond acceptors (Lipinski definition) is 3. The fraction of sp³-hybridized carbons (Fsp3) is 0.250. The molecule has 1 N–H and O–H groups in total. The van der Waals surface area contributed by atoms with Crippen molar-refractivity contribution in [2.24, 2.45) is 0 Å². The molecule has 0 aliphatic carbocycles. The van der Waals surface area contributed by atoms with Gasteiger partial charge in [0.05, 0.1) is 5.69 Å². The van der Waals surface area contributed by atoms with E-state index >= 15 is 0 Å². The normalized spacial score (nSPS) is 14.2. The van der Waals surface area contributed by atoms with Crippen LogP contribution in [-0.2, 0) is 0 Å². The molecule has 1 saturated heterocycles. The molecule has 2 heterocycles. The lowest BCUT2D eigenvalue weighted by atomic mass is 10.1. The third kappa shape index (κ3) is 2.92. The number of hydrogen-bond donors (Lipinski definition) is 1. The van der Waals surface area contributed by atoms with Gasteiger partial charge in [-0.15, -0.1) is 0 Å². The molecular weight excluding hydrogens is 338 g/mol. The summed E-state index contributed by atoms with van der Waals surface area (Å²) in [6.07, 6.45) is 2.12. The minimum absolute atomic E-state index is 0.0922. The van der Waals surface area contributed by atoms with Gasteiger partial charge >= 0.3 is 0 Å². The van der Waals surface area contributed by atoms with Crippen LogP contribution in [0.15, 0.2) is 40.8 Å². The van der Waals surface area contributed by atoms with Crippen LogP contribution < -0.4 is 10.2 Å². The lowest BCUT2D eigenvalue weighted by Crippen LogP contribution is -2.19. The molecule has 1 aliphatic rings. The van der Waals surface area contributed by atoms with Gasteiger partial charge < -0.3 is 14.6 Å². The first kappa shape index (κ1) is 16.6. The van der Waals surface area contributed by atoms with Gasteiger partial charge in [-0.2, -0.15) is 0 Å². The third-order valence-electron chi connectivity index (χ3n) is 4.76. The van der Waals surface area contributed by atoms with Crippen molar-refractivity contribution < 1.29 is 18.0 Å². The summed E-state index contributed by atoms with van der Waals surface area (Å²) in [5.41, 5.74) is 1.88. The molecule has 4 nitrogen and oxygen atoms in total. The highest BCUT2D eigenvalue weighted by Crippen LogP contribution is 2.28. The molecule has 1 aliphatic heterocycles. The summed E-state index contributed by atoms with van der Waals surface area (Å²) in [5, 5.41) is 3.20. The van der Waals surface area contributed by atoms with E-state index in [4.69, 9.17) is 4.42 Å². The molecule has 134 valence electrons. The van der Waals surface area contributed by atoms with Crippen LogP contribution in [-0.4, -0.2) is 19.0 Å². The molecule has 0 atom stereocenters. The molecule has 2 aromatic carbocycles. The fourth-order valence-electron chi connectivity index (χ4n) is 3.40. The van der Waals surface area contributed by atoms with E-state index in [1.54, 1.807) is 19.1 Å². The number of rotatable bonds is 3. The quantitative estimate of drug-likeness (QED) is 0.728. The first-order valence-electron chi connectivity index (χ1n) is 8.57. The maximum atomic E-state index is 14.4. The van der Waals surface area contributed by atoms with Gasteiger partial charge in [0.15, 0.2) is 5.76 Å². The third-order valence-corrected chi connectivity index (χ3v) is 4.76. The molecule has 0 bridgehead atoms. The number of anilines is 2. The molecule has 1 aromatic heterocycles. The summed E-state index contributed by atoms with van der Waals surface area (Å²) in [7, 11) is 0. The Balaban J connectivity index is 1.58. The van der Waals surface area contributed by atoms with Crippen molar-refractivity contribution in [1.82, 2.24) is 0 Å². The number of amides is 1. The van der Waals surface area contributed by atoms with Crippen molar-refractivity contribution in [3.63, 3.8) is 0 Å². The second kappa shape index (κ2) is 6.44. The van der Waals surface area contributed by atoms with E-state index in [0.29, 0.717) is 27.9 Å². The predicted octanol–water partition coefficient (Wildman–Crippen LogP) is 4.87. The first-order valence-corrected chi connectivity index (χ1v) is 8.57.